The Balaban J connectivity index is 0.000000248. The van der Waals surface area contributed by atoms with Crippen LogP contribution in [0.3, 0.4) is 0 Å². The number of carbonyl (C=O) groups is 1. The highest BCUT2D eigenvalue weighted by Crippen LogP contribution is 2.21. The van der Waals surface area contributed by atoms with Crippen LogP contribution in [0, 0.1) is 17.0 Å². The average molecular weight is 429 g/mol. The molecule has 0 aliphatic heterocycles. The lowest BCUT2D eigenvalue weighted by molar-refractivity contribution is -0.384. The zero-order valence-corrected chi connectivity index (χ0v) is 16.7. The Morgan fingerprint density at radius 1 is 1.10 bits per heavy atom. The van der Waals surface area contributed by atoms with Crippen molar-refractivity contribution in [3.05, 3.63) is 94.3 Å². The Kier molecular flexibility index (Phi) is 7.73. The fourth-order valence-electron chi connectivity index (χ4n) is 2.29. The fraction of sp³-hybridized carbons (Fsp3) is 0.100. The van der Waals surface area contributed by atoms with Crippen LogP contribution in [-0.2, 0) is 10.1 Å². The van der Waals surface area contributed by atoms with Gasteiger partial charge in [-0.1, -0.05) is 48.0 Å². The number of carbonyl (C=O) groups excluding carboxylic acids is 1. The van der Waals surface area contributed by atoms with Crippen LogP contribution in [0.4, 0.5) is 11.4 Å². The fourth-order valence-corrected chi connectivity index (χ4v) is 2.77. The molecule has 1 heterocycles. The molecule has 0 atom stereocenters. The van der Waals surface area contributed by atoms with Gasteiger partial charge in [-0.2, -0.15) is 8.42 Å². The van der Waals surface area contributed by atoms with Gasteiger partial charge < -0.3 is 5.32 Å². The lowest BCUT2D eigenvalue weighted by Crippen LogP contribution is -2.14. The molecule has 0 spiro atoms. The second-order valence-corrected chi connectivity index (χ2v) is 7.50. The molecule has 1 aromatic heterocycles. The molecule has 9 nitrogen and oxygen atoms in total. The van der Waals surface area contributed by atoms with Gasteiger partial charge in [0.05, 0.1) is 16.4 Å². The van der Waals surface area contributed by atoms with Gasteiger partial charge in [-0.15, -0.1) is 0 Å². The summed E-state index contributed by atoms with van der Waals surface area (Å²) in [5.74, 6) is -0.133. The Hall–Kier alpha value is -3.63. The van der Waals surface area contributed by atoms with Gasteiger partial charge in [0.2, 0.25) is 0 Å². The molecule has 30 heavy (non-hydrogen) atoms. The number of rotatable bonds is 6. The van der Waals surface area contributed by atoms with Gasteiger partial charge >= 0.3 is 5.69 Å². The second-order valence-electron chi connectivity index (χ2n) is 6.08. The maximum Gasteiger partial charge on any atom is 0.310 e. The molecular weight excluding hydrogens is 410 g/mol. The van der Waals surface area contributed by atoms with Crippen molar-refractivity contribution in [2.24, 2.45) is 0 Å². The molecule has 0 saturated heterocycles. The quantitative estimate of drug-likeness (QED) is 0.262. The van der Waals surface area contributed by atoms with E-state index >= 15 is 0 Å². The van der Waals surface area contributed by atoms with Crippen molar-refractivity contribution in [3.63, 3.8) is 0 Å². The van der Waals surface area contributed by atoms with E-state index in [1.165, 1.54) is 24.4 Å². The molecule has 2 N–H and O–H groups in total. The first-order valence-electron chi connectivity index (χ1n) is 8.63. The van der Waals surface area contributed by atoms with Crippen molar-refractivity contribution in [2.45, 2.75) is 11.8 Å². The molecule has 0 saturated carbocycles. The van der Waals surface area contributed by atoms with Gasteiger partial charge in [-0.05, 0) is 25.1 Å². The van der Waals surface area contributed by atoms with E-state index < -0.39 is 15.0 Å². The van der Waals surface area contributed by atoms with Crippen LogP contribution in [0.5, 0.6) is 0 Å². The van der Waals surface area contributed by atoms with Crippen molar-refractivity contribution in [3.8, 4) is 0 Å². The van der Waals surface area contributed by atoms with Gasteiger partial charge in [-0.3, -0.25) is 24.4 Å². The number of nitrogens with zero attached hydrogens (tertiary/aromatic N) is 2. The summed E-state index contributed by atoms with van der Waals surface area (Å²) in [5, 5.41) is 13.5. The molecule has 10 heteroatoms. The number of hydrogen-bond donors (Lipinski definition) is 2. The zero-order valence-electron chi connectivity index (χ0n) is 15.9. The number of nitro groups is 1. The molecule has 3 rings (SSSR count). The number of aryl methyl sites for hydroxylation is 1. The van der Waals surface area contributed by atoms with Gasteiger partial charge in [0.1, 0.15) is 11.9 Å². The van der Waals surface area contributed by atoms with E-state index in [0.29, 0.717) is 5.56 Å². The zero-order chi connectivity index (χ0) is 22.1. The van der Waals surface area contributed by atoms with E-state index in [2.05, 4.69) is 10.3 Å². The van der Waals surface area contributed by atoms with Gasteiger partial charge in [0.25, 0.3) is 10.1 Å². The van der Waals surface area contributed by atoms with E-state index in [1.807, 2.05) is 13.0 Å². The van der Waals surface area contributed by atoms with Gasteiger partial charge in [0, 0.05) is 11.8 Å². The average Bonchev–Trinajstić information content (AvgIpc) is 2.73. The van der Waals surface area contributed by atoms with Crippen molar-refractivity contribution in [1.29, 1.82) is 0 Å². The number of hydrogen-bond acceptors (Lipinski definition) is 7. The smallest absolute Gasteiger partial charge is 0.310 e. The molecule has 0 bridgehead atoms. The molecule has 2 aromatic carbocycles. The number of Topliss-reactive ketones (excluding diaryl/α,β-unsaturated/α-hetero) is 1. The van der Waals surface area contributed by atoms with Crippen LogP contribution in [0.15, 0.2) is 78.0 Å². The van der Waals surface area contributed by atoms with Crippen molar-refractivity contribution in [2.75, 3.05) is 11.9 Å². The Morgan fingerprint density at radius 2 is 1.73 bits per heavy atom. The summed E-state index contributed by atoms with van der Waals surface area (Å²) in [6.07, 6.45) is 2.58. The number of ketones is 1. The second kappa shape index (κ2) is 10.2. The summed E-state index contributed by atoms with van der Waals surface area (Å²) in [6.45, 7) is 1.84. The van der Waals surface area contributed by atoms with E-state index in [1.54, 1.807) is 36.4 Å². The first-order valence-corrected chi connectivity index (χ1v) is 10.1. The molecule has 156 valence electrons. The SMILES string of the molecule is Cc1ccc(S(=O)(=O)O)cc1.O=C(CNc1ccncc1[N+](=O)[O-])c1ccccc1. The third-order valence-electron chi connectivity index (χ3n) is 3.85. The molecule has 0 radical (unpaired) electrons. The van der Waals surface area contributed by atoms with Crippen LogP contribution < -0.4 is 5.32 Å². The highest BCUT2D eigenvalue weighted by molar-refractivity contribution is 7.85. The minimum atomic E-state index is -4.02. The predicted octanol–water partition coefficient (Wildman–Crippen LogP) is 3.53. The third kappa shape index (κ3) is 6.76. The van der Waals surface area contributed by atoms with Crippen LogP contribution >= 0.6 is 0 Å². The number of benzene rings is 2. The third-order valence-corrected chi connectivity index (χ3v) is 4.72. The number of pyridine rings is 1. The summed E-state index contributed by atoms with van der Waals surface area (Å²) >= 11 is 0. The number of aromatic nitrogens is 1. The minimum absolute atomic E-state index is 0.00509. The van der Waals surface area contributed by atoms with Gasteiger partial charge in [-0.25, -0.2) is 0 Å². The van der Waals surface area contributed by atoms with Crippen molar-refractivity contribution >= 4 is 27.3 Å². The summed E-state index contributed by atoms with van der Waals surface area (Å²) in [6, 6.07) is 16.2. The van der Waals surface area contributed by atoms with E-state index in [0.717, 1.165) is 11.8 Å². The molecule has 0 aliphatic carbocycles. The molecular formula is C20H19N3O6S. The maximum atomic E-state index is 11.9. The first-order chi connectivity index (χ1) is 14.2. The highest BCUT2D eigenvalue weighted by atomic mass is 32.2. The standard InChI is InChI=1S/C13H11N3O3.C7H8O3S/c17-13(10-4-2-1-3-5-10)9-15-11-6-7-14-8-12(11)16(18)19;1-6-2-4-7(5-3-6)11(8,9)10/h1-8H,9H2,(H,14,15);2-5H,1H3,(H,8,9,10). The normalized spacial score (nSPS) is 10.5. The van der Waals surface area contributed by atoms with Crippen molar-refractivity contribution < 1.29 is 22.7 Å². The summed E-state index contributed by atoms with van der Waals surface area (Å²) < 4.78 is 29.6. The maximum absolute atomic E-state index is 11.9. The largest absolute Gasteiger partial charge is 0.372 e. The van der Waals surface area contributed by atoms with Gasteiger partial charge in [0.15, 0.2) is 5.78 Å². The summed E-state index contributed by atoms with van der Waals surface area (Å²) in [4.78, 5) is 25.7. The molecule has 0 unspecified atom stereocenters. The molecule has 0 fully saturated rings. The van der Waals surface area contributed by atoms with E-state index in [9.17, 15) is 23.3 Å². The van der Waals surface area contributed by atoms with E-state index in [4.69, 9.17) is 4.55 Å². The summed E-state index contributed by atoms with van der Waals surface area (Å²) in [7, 11) is -4.02. The number of anilines is 1. The van der Waals surface area contributed by atoms with Crippen LogP contribution in [0.25, 0.3) is 0 Å². The number of nitrogens with one attached hydrogen (secondary N) is 1. The first kappa shape index (κ1) is 22.7. The highest BCUT2D eigenvalue weighted by Gasteiger charge is 2.14. The summed E-state index contributed by atoms with van der Waals surface area (Å²) in [5.41, 5.74) is 1.65. The molecule has 0 aliphatic rings. The minimum Gasteiger partial charge on any atom is -0.372 e. The lowest BCUT2D eigenvalue weighted by Gasteiger charge is -2.05. The molecule has 3 aromatic rings. The Bertz CT molecular complexity index is 1120. The molecule has 0 amide bonds. The van der Waals surface area contributed by atoms with Crippen LogP contribution in [0.2, 0.25) is 0 Å². The Morgan fingerprint density at radius 3 is 2.30 bits per heavy atom. The Labute approximate surface area is 173 Å². The topological polar surface area (TPSA) is 140 Å². The lowest BCUT2D eigenvalue weighted by atomic mass is 10.1. The predicted molar refractivity (Wildman–Crippen MR) is 111 cm³/mol. The van der Waals surface area contributed by atoms with Crippen molar-refractivity contribution in [1.82, 2.24) is 4.98 Å². The van der Waals surface area contributed by atoms with Crippen LogP contribution in [0.1, 0.15) is 15.9 Å². The van der Waals surface area contributed by atoms with E-state index in [-0.39, 0.29) is 28.6 Å². The monoisotopic (exact) mass is 429 g/mol. The van der Waals surface area contributed by atoms with Crippen LogP contribution in [-0.4, -0.2) is 35.2 Å².